The number of fused-ring (bicyclic) bond motifs is 1. The Morgan fingerprint density at radius 2 is 2.33 bits per heavy atom. The van der Waals surface area contributed by atoms with Crippen LogP contribution in [0, 0.1) is 11.3 Å². The molecule has 1 aliphatic rings. The molecule has 1 aromatic heterocycles. The number of halogens is 1. The first kappa shape index (κ1) is 13.9. The van der Waals surface area contributed by atoms with Crippen molar-refractivity contribution >= 4 is 22.5 Å². The van der Waals surface area contributed by atoms with E-state index in [9.17, 15) is 4.79 Å². The van der Waals surface area contributed by atoms with Crippen molar-refractivity contribution in [2.75, 3.05) is 13.2 Å². The van der Waals surface area contributed by atoms with E-state index in [1.807, 2.05) is 6.07 Å². The fourth-order valence-electron chi connectivity index (χ4n) is 2.45. The van der Waals surface area contributed by atoms with Gasteiger partial charge in [-0.1, -0.05) is 11.6 Å². The van der Waals surface area contributed by atoms with Gasteiger partial charge in [-0.3, -0.25) is 4.79 Å². The average molecular weight is 305 g/mol. The Kier molecular flexibility index (Phi) is 3.58. The summed E-state index contributed by atoms with van der Waals surface area (Å²) in [4.78, 5) is 12.1. The molecule has 1 atom stereocenters. The Bertz CT molecular complexity index is 801. The highest BCUT2D eigenvalue weighted by Gasteiger charge is 2.18. The van der Waals surface area contributed by atoms with E-state index in [2.05, 4.69) is 0 Å². The summed E-state index contributed by atoms with van der Waals surface area (Å²) in [7, 11) is 1.62. The van der Waals surface area contributed by atoms with Gasteiger partial charge in [0.25, 0.3) is 5.56 Å². The smallest absolute Gasteiger partial charge is 0.270 e. The second kappa shape index (κ2) is 5.40. The predicted molar refractivity (Wildman–Crippen MR) is 78.8 cm³/mol. The lowest BCUT2D eigenvalue weighted by atomic mass is 10.1. The van der Waals surface area contributed by atoms with Crippen LogP contribution in [-0.2, 0) is 11.8 Å². The topological polar surface area (TPSA) is 64.2 Å². The van der Waals surface area contributed by atoms with Gasteiger partial charge in [-0.2, -0.15) is 5.26 Å². The van der Waals surface area contributed by atoms with Crippen molar-refractivity contribution < 1.29 is 9.47 Å². The largest absolute Gasteiger partial charge is 0.488 e. The Balaban J connectivity index is 2.11. The van der Waals surface area contributed by atoms with E-state index < -0.39 is 5.56 Å². The molecule has 2 heterocycles. The molecular weight excluding hydrogens is 292 g/mol. The van der Waals surface area contributed by atoms with Gasteiger partial charge in [0.2, 0.25) is 0 Å². The lowest BCUT2D eigenvalue weighted by Crippen LogP contribution is -2.21. The molecule has 6 heteroatoms. The van der Waals surface area contributed by atoms with Crippen molar-refractivity contribution in [1.29, 1.82) is 5.26 Å². The Morgan fingerprint density at radius 1 is 1.52 bits per heavy atom. The zero-order valence-electron chi connectivity index (χ0n) is 11.4. The van der Waals surface area contributed by atoms with Crippen LogP contribution in [0.2, 0.25) is 5.02 Å². The summed E-state index contributed by atoms with van der Waals surface area (Å²) in [6, 6.07) is 7.18. The second-order valence-electron chi connectivity index (χ2n) is 4.95. The van der Waals surface area contributed by atoms with Crippen molar-refractivity contribution in [3.63, 3.8) is 0 Å². The summed E-state index contributed by atoms with van der Waals surface area (Å²) in [6.45, 7) is 1.28. The number of nitrogens with zero attached hydrogens (tertiary/aromatic N) is 2. The zero-order valence-corrected chi connectivity index (χ0v) is 12.2. The zero-order chi connectivity index (χ0) is 15.0. The number of nitriles is 1. The molecule has 1 aliphatic heterocycles. The molecule has 1 aromatic carbocycles. The summed E-state index contributed by atoms with van der Waals surface area (Å²) in [5.41, 5.74) is 0.196. The first-order valence-corrected chi connectivity index (χ1v) is 6.96. The molecule has 1 saturated heterocycles. The maximum atomic E-state index is 12.1. The van der Waals surface area contributed by atoms with Gasteiger partial charge in [0.1, 0.15) is 23.5 Å². The van der Waals surface area contributed by atoms with Gasteiger partial charge in [-0.05, 0) is 12.1 Å². The standard InChI is InChI=1S/C15H13ClN2O3/c1-18-13-6-9(21-10-4-5-20-8-10)2-3-11(13)14(16)12(7-17)15(18)19/h2-3,6,10H,4-5,8H2,1H3/t10-/m1/s1. The third-order valence-electron chi connectivity index (χ3n) is 3.61. The lowest BCUT2D eigenvalue weighted by Gasteiger charge is -2.14. The minimum Gasteiger partial charge on any atom is -0.488 e. The number of ether oxygens (including phenoxy) is 2. The van der Waals surface area contributed by atoms with Gasteiger partial charge in [-0.15, -0.1) is 0 Å². The number of rotatable bonds is 2. The molecule has 0 amide bonds. The molecule has 0 saturated carbocycles. The van der Waals surface area contributed by atoms with E-state index in [0.29, 0.717) is 29.9 Å². The van der Waals surface area contributed by atoms with E-state index in [4.69, 9.17) is 26.3 Å². The highest BCUT2D eigenvalue weighted by Crippen LogP contribution is 2.28. The minimum absolute atomic E-state index is 0.0355. The molecule has 3 rings (SSSR count). The average Bonchev–Trinajstić information content (AvgIpc) is 2.98. The van der Waals surface area contributed by atoms with Crippen LogP contribution in [0.4, 0.5) is 0 Å². The van der Waals surface area contributed by atoms with Crippen molar-refractivity contribution in [2.24, 2.45) is 7.05 Å². The fourth-order valence-corrected chi connectivity index (χ4v) is 2.73. The van der Waals surface area contributed by atoms with Crippen LogP contribution in [0.15, 0.2) is 23.0 Å². The number of hydrogen-bond acceptors (Lipinski definition) is 4. The van der Waals surface area contributed by atoms with Crippen molar-refractivity contribution in [3.8, 4) is 11.8 Å². The number of aromatic nitrogens is 1. The maximum absolute atomic E-state index is 12.1. The quantitative estimate of drug-likeness (QED) is 0.853. The summed E-state index contributed by atoms with van der Waals surface area (Å²) in [6.07, 6.45) is 0.888. The lowest BCUT2D eigenvalue weighted by molar-refractivity contribution is 0.141. The number of aryl methyl sites for hydroxylation is 1. The molecule has 0 N–H and O–H groups in total. The molecule has 2 aromatic rings. The van der Waals surface area contributed by atoms with Crippen LogP contribution in [0.25, 0.3) is 10.9 Å². The molecular formula is C15H13ClN2O3. The highest BCUT2D eigenvalue weighted by atomic mass is 35.5. The third kappa shape index (κ3) is 2.37. The summed E-state index contributed by atoms with van der Waals surface area (Å²) < 4.78 is 12.5. The number of benzene rings is 1. The number of hydrogen-bond donors (Lipinski definition) is 0. The van der Waals surface area contributed by atoms with E-state index in [1.54, 1.807) is 25.2 Å². The molecule has 0 unspecified atom stereocenters. The van der Waals surface area contributed by atoms with Crippen LogP contribution in [0.5, 0.6) is 5.75 Å². The van der Waals surface area contributed by atoms with Crippen LogP contribution in [-0.4, -0.2) is 23.9 Å². The van der Waals surface area contributed by atoms with E-state index in [-0.39, 0.29) is 16.7 Å². The van der Waals surface area contributed by atoms with Gasteiger partial charge >= 0.3 is 0 Å². The highest BCUT2D eigenvalue weighted by molar-refractivity contribution is 6.36. The van der Waals surface area contributed by atoms with Crippen LogP contribution >= 0.6 is 11.6 Å². The predicted octanol–water partition coefficient (Wildman–Crippen LogP) is 2.23. The van der Waals surface area contributed by atoms with E-state index in [0.717, 1.165) is 6.42 Å². The molecule has 108 valence electrons. The number of pyridine rings is 1. The van der Waals surface area contributed by atoms with Crippen molar-refractivity contribution in [2.45, 2.75) is 12.5 Å². The SMILES string of the molecule is Cn1c(=O)c(C#N)c(Cl)c2ccc(O[C@@H]3CCOC3)cc21. The van der Waals surface area contributed by atoms with Gasteiger partial charge in [0.15, 0.2) is 0 Å². The first-order chi connectivity index (χ1) is 10.1. The van der Waals surface area contributed by atoms with E-state index in [1.165, 1.54) is 4.57 Å². The second-order valence-corrected chi connectivity index (χ2v) is 5.33. The first-order valence-electron chi connectivity index (χ1n) is 6.58. The molecule has 0 spiro atoms. The maximum Gasteiger partial charge on any atom is 0.270 e. The van der Waals surface area contributed by atoms with Gasteiger partial charge in [0.05, 0.1) is 23.8 Å². The molecule has 1 fully saturated rings. The third-order valence-corrected chi connectivity index (χ3v) is 4.00. The molecule has 21 heavy (non-hydrogen) atoms. The molecule has 0 aliphatic carbocycles. The van der Waals surface area contributed by atoms with Crippen LogP contribution in [0.1, 0.15) is 12.0 Å². The fraction of sp³-hybridized carbons (Fsp3) is 0.333. The normalized spacial score (nSPS) is 17.9. The summed E-state index contributed by atoms with van der Waals surface area (Å²) >= 11 is 6.14. The monoisotopic (exact) mass is 304 g/mol. The van der Waals surface area contributed by atoms with Crippen LogP contribution < -0.4 is 10.3 Å². The Labute approximate surface area is 126 Å². The molecule has 5 nitrogen and oxygen atoms in total. The van der Waals surface area contributed by atoms with Gasteiger partial charge in [0, 0.05) is 24.9 Å². The van der Waals surface area contributed by atoms with Crippen molar-refractivity contribution in [3.05, 3.63) is 39.1 Å². The van der Waals surface area contributed by atoms with Gasteiger partial charge in [-0.25, -0.2) is 0 Å². The molecule has 0 radical (unpaired) electrons. The van der Waals surface area contributed by atoms with E-state index >= 15 is 0 Å². The minimum atomic E-state index is -0.406. The Morgan fingerprint density at radius 3 is 3.00 bits per heavy atom. The summed E-state index contributed by atoms with van der Waals surface area (Å²) in [5.74, 6) is 0.661. The molecule has 0 bridgehead atoms. The summed E-state index contributed by atoms with van der Waals surface area (Å²) in [5, 5.41) is 9.89. The Hall–Kier alpha value is -2.03. The van der Waals surface area contributed by atoms with Gasteiger partial charge < -0.3 is 14.0 Å². The van der Waals surface area contributed by atoms with Crippen LogP contribution in [0.3, 0.4) is 0 Å². The van der Waals surface area contributed by atoms with Crippen molar-refractivity contribution in [1.82, 2.24) is 4.57 Å².